The number of carbonyl (C=O) groups is 1. The van der Waals surface area contributed by atoms with Crippen molar-refractivity contribution in [1.29, 1.82) is 0 Å². The van der Waals surface area contributed by atoms with Gasteiger partial charge in [0.25, 0.3) is 5.91 Å². The van der Waals surface area contributed by atoms with E-state index < -0.39 is 23.9 Å². The number of rotatable bonds is 3. The quantitative estimate of drug-likeness (QED) is 0.795. The molecule has 2 heterocycles. The van der Waals surface area contributed by atoms with Crippen LogP contribution in [0.4, 0.5) is 4.39 Å². The number of carbonyl (C=O) groups excluding carboxylic acids is 1. The van der Waals surface area contributed by atoms with Crippen LogP contribution in [0.5, 0.6) is 5.75 Å². The van der Waals surface area contributed by atoms with Crippen LogP contribution in [0.3, 0.4) is 0 Å². The fraction of sp³-hybridized carbons (Fsp3) is 0.400. The summed E-state index contributed by atoms with van der Waals surface area (Å²) in [4.78, 5) is 15.3. The molecule has 1 aliphatic heterocycles. The van der Waals surface area contributed by atoms with E-state index >= 15 is 0 Å². The lowest BCUT2D eigenvalue weighted by atomic mass is 10.1. The summed E-state index contributed by atoms with van der Waals surface area (Å²) < 4.78 is 24.4. The van der Waals surface area contributed by atoms with Crippen molar-refractivity contribution in [3.8, 4) is 5.75 Å². The number of nitrogens with one attached hydrogen (secondary N) is 2. The van der Waals surface area contributed by atoms with Crippen LogP contribution in [0, 0.1) is 5.82 Å². The van der Waals surface area contributed by atoms with Gasteiger partial charge in [-0.05, 0) is 18.6 Å². The van der Waals surface area contributed by atoms with E-state index in [4.69, 9.17) is 9.47 Å². The van der Waals surface area contributed by atoms with E-state index in [0.717, 1.165) is 0 Å². The van der Waals surface area contributed by atoms with E-state index in [9.17, 15) is 14.3 Å². The summed E-state index contributed by atoms with van der Waals surface area (Å²) >= 11 is 0. The number of benzene rings is 1. The monoisotopic (exact) mass is 308 g/mol. The highest BCUT2D eigenvalue weighted by Crippen LogP contribution is 2.29. The van der Waals surface area contributed by atoms with Gasteiger partial charge in [0.1, 0.15) is 11.6 Å². The largest absolute Gasteiger partial charge is 0.495 e. The number of H-pyrrole nitrogens is 1. The number of fused-ring (bicyclic) bond motifs is 1. The summed E-state index contributed by atoms with van der Waals surface area (Å²) in [6.07, 6.45) is 1.19. The average molecular weight is 308 g/mol. The zero-order valence-electron chi connectivity index (χ0n) is 12.1. The molecule has 118 valence electrons. The number of aromatic nitrogens is 1. The van der Waals surface area contributed by atoms with E-state index in [-0.39, 0.29) is 17.6 Å². The molecule has 1 amide bonds. The van der Waals surface area contributed by atoms with Crippen LogP contribution in [-0.2, 0) is 4.74 Å². The average Bonchev–Trinajstić information content (AvgIpc) is 2.96. The van der Waals surface area contributed by atoms with Crippen LogP contribution >= 0.6 is 0 Å². The molecule has 0 radical (unpaired) electrons. The van der Waals surface area contributed by atoms with Crippen molar-refractivity contribution in [3.05, 3.63) is 29.7 Å². The second kappa shape index (κ2) is 5.94. The van der Waals surface area contributed by atoms with Gasteiger partial charge < -0.3 is 24.9 Å². The number of methoxy groups -OCH3 is 1. The highest BCUT2D eigenvalue weighted by Gasteiger charge is 2.27. The van der Waals surface area contributed by atoms with Crippen LogP contribution < -0.4 is 10.1 Å². The van der Waals surface area contributed by atoms with E-state index in [0.29, 0.717) is 24.3 Å². The van der Waals surface area contributed by atoms with Gasteiger partial charge in [0.2, 0.25) is 0 Å². The molecule has 6 nitrogen and oxygen atoms in total. The maximum atomic E-state index is 14.1. The second-order valence-electron chi connectivity index (χ2n) is 5.21. The predicted molar refractivity (Wildman–Crippen MR) is 77.5 cm³/mol. The summed E-state index contributed by atoms with van der Waals surface area (Å²) in [5.74, 6) is -0.486. The molecule has 3 rings (SSSR count). The Morgan fingerprint density at radius 1 is 1.55 bits per heavy atom. The molecule has 3 N–H and O–H groups in total. The van der Waals surface area contributed by atoms with Gasteiger partial charge in [-0.25, -0.2) is 4.39 Å². The Kier molecular flexibility index (Phi) is 4.00. The van der Waals surface area contributed by atoms with Crippen LogP contribution in [0.25, 0.3) is 10.9 Å². The van der Waals surface area contributed by atoms with Gasteiger partial charge in [-0.1, -0.05) is 0 Å². The molecule has 2 aromatic rings. The molecular weight excluding hydrogens is 291 g/mol. The summed E-state index contributed by atoms with van der Waals surface area (Å²) in [6.45, 7) is 0.652. The fourth-order valence-corrected chi connectivity index (χ4v) is 2.67. The number of aliphatic hydroxyl groups excluding tert-OH is 1. The minimum atomic E-state index is -0.762. The first-order chi connectivity index (χ1) is 10.6. The third-order valence-corrected chi connectivity index (χ3v) is 3.85. The van der Waals surface area contributed by atoms with Crippen molar-refractivity contribution in [2.24, 2.45) is 0 Å². The SMILES string of the molecule is COc1ccc(F)c2c(C(=O)NC3CCOCC3O)c[nH]c12. The maximum Gasteiger partial charge on any atom is 0.253 e. The van der Waals surface area contributed by atoms with E-state index in [2.05, 4.69) is 10.3 Å². The van der Waals surface area contributed by atoms with Gasteiger partial charge in [0, 0.05) is 12.8 Å². The van der Waals surface area contributed by atoms with Crippen molar-refractivity contribution in [1.82, 2.24) is 10.3 Å². The standard InChI is InChI=1S/C15H17FN2O4/c1-21-12-3-2-9(16)13-8(6-17-14(12)13)15(20)18-10-4-5-22-7-11(10)19/h2-3,6,10-11,17,19H,4-5,7H2,1H3,(H,18,20). The number of aliphatic hydroxyl groups is 1. The van der Waals surface area contributed by atoms with Crippen molar-refractivity contribution >= 4 is 16.8 Å². The van der Waals surface area contributed by atoms with Gasteiger partial charge in [-0.2, -0.15) is 0 Å². The van der Waals surface area contributed by atoms with Gasteiger partial charge in [0.05, 0.1) is 42.3 Å². The molecule has 0 spiro atoms. The molecular formula is C15H17FN2O4. The zero-order valence-corrected chi connectivity index (χ0v) is 12.1. The highest BCUT2D eigenvalue weighted by atomic mass is 19.1. The molecule has 0 bridgehead atoms. The molecule has 1 aromatic heterocycles. The molecule has 0 aliphatic carbocycles. The lowest BCUT2D eigenvalue weighted by molar-refractivity contribution is -0.0260. The third kappa shape index (κ3) is 2.53. The zero-order chi connectivity index (χ0) is 15.7. The number of hydrogen-bond donors (Lipinski definition) is 3. The molecule has 0 saturated carbocycles. The number of hydrogen-bond acceptors (Lipinski definition) is 4. The minimum Gasteiger partial charge on any atom is -0.495 e. The normalized spacial score (nSPS) is 21.8. The van der Waals surface area contributed by atoms with Crippen molar-refractivity contribution in [2.75, 3.05) is 20.3 Å². The highest BCUT2D eigenvalue weighted by molar-refractivity contribution is 6.08. The lowest BCUT2D eigenvalue weighted by Gasteiger charge is -2.28. The van der Waals surface area contributed by atoms with Gasteiger partial charge in [-0.3, -0.25) is 4.79 Å². The predicted octanol–water partition coefficient (Wildman–Crippen LogP) is 1.20. The number of aromatic amines is 1. The Morgan fingerprint density at radius 3 is 3.09 bits per heavy atom. The second-order valence-corrected chi connectivity index (χ2v) is 5.21. The van der Waals surface area contributed by atoms with Crippen LogP contribution in [-0.4, -0.2) is 48.5 Å². The topological polar surface area (TPSA) is 83.6 Å². The smallest absolute Gasteiger partial charge is 0.253 e. The van der Waals surface area contributed by atoms with Gasteiger partial charge in [-0.15, -0.1) is 0 Å². The van der Waals surface area contributed by atoms with Crippen molar-refractivity contribution in [3.63, 3.8) is 0 Å². The van der Waals surface area contributed by atoms with Gasteiger partial charge in [0.15, 0.2) is 0 Å². The lowest BCUT2D eigenvalue weighted by Crippen LogP contribution is -2.48. The molecule has 1 aromatic carbocycles. The van der Waals surface area contributed by atoms with Crippen molar-refractivity contribution in [2.45, 2.75) is 18.6 Å². The molecule has 2 unspecified atom stereocenters. The molecule has 7 heteroatoms. The van der Waals surface area contributed by atoms with Crippen LogP contribution in [0.1, 0.15) is 16.8 Å². The van der Waals surface area contributed by atoms with E-state index in [1.807, 2.05) is 0 Å². The number of halogens is 1. The summed E-state index contributed by atoms with van der Waals surface area (Å²) in [6, 6.07) is 2.35. The fourth-order valence-electron chi connectivity index (χ4n) is 2.67. The Balaban J connectivity index is 1.91. The Hall–Kier alpha value is -2.12. The first-order valence-corrected chi connectivity index (χ1v) is 7.02. The molecule has 2 atom stereocenters. The first-order valence-electron chi connectivity index (χ1n) is 7.02. The third-order valence-electron chi connectivity index (χ3n) is 3.85. The number of amides is 1. The van der Waals surface area contributed by atoms with Gasteiger partial charge >= 0.3 is 0 Å². The van der Waals surface area contributed by atoms with E-state index in [1.165, 1.54) is 25.4 Å². The Morgan fingerprint density at radius 2 is 2.36 bits per heavy atom. The molecule has 1 saturated heterocycles. The Labute approximate surface area is 126 Å². The molecule has 22 heavy (non-hydrogen) atoms. The van der Waals surface area contributed by atoms with Crippen LogP contribution in [0.2, 0.25) is 0 Å². The summed E-state index contributed by atoms with van der Waals surface area (Å²) in [5, 5.41) is 12.7. The number of ether oxygens (including phenoxy) is 2. The minimum absolute atomic E-state index is 0.179. The summed E-state index contributed by atoms with van der Waals surface area (Å²) in [7, 11) is 1.48. The Bertz CT molecular complexity index is 700. The van der Waals surface area contributed by atoms with Crippen LogP contribution in [0.15, 0.2) is 18.3 Å². The van der Waals surface area contributed by atoms with Crippen molar-refractivity contribution < 1.29 is 23.8 Å². The maximum absolute atomic E-state index is 14.1. The summed E-state index contributed by atoms with van der Waals surface area (Å²) in [5.41, 5.74) is 0.616. The molecule has 1 aliphatic rings. The first kappa shape index (κ1) is 14.8. The molecule has 1 fully saturated rings. The van der Waals surface area contributed by atoms with E-state index in [1.54, 1.807) is 0 Å².